The maximum atomic E-state index is 13.0. The lowest BCUT2D eigenvalue weighted by Gasteiger charge is -2.12. The molecule has 0 spiro atoms. The van der Waals surface area contributed by atoms with Crippen LogP contribution in [0.2, 0.25) is 0 Å². The van der Waals surface area contributed by atoms with Crippen LogP contribution in [0.25, 0.3) is 43.8 Å². The Morgan fingerprint density at radius 3 is 2.41 bits per heavy atom. The molecule has 6 heteroatoms. The zero-order valence-corrected chi connectivity index (χ0v) is 20.8. The summed E-state index contributed by atoms with van der Waals surface area (Å²) in [7, 11) is 0. The minimum atomic E-state index is -0.161. The fourth-order valence-corrected chi connectivity index (χ4v) is 5.34. The number of hydrogen-bond acceptors (Lipinski definition) is 5. The van der Waals surface area contributed by atoms with Crippen molar-refractivity contribution in [3.05, 3.63) is 94.2 Å². The number of nitrogens with two attached hydrogens (primary N) is 1. The van der Waals surface area contributed by atoms with Gasteiger partial charge in [-0.25, -0.2) is 4.98 Å². The average molecular weight is 485 g/mol. The molecule has 3 aromatic heterocycles. The lowest BCUT2D eigenvalue weighted by atomic mass is 9.93. The van der Waals surface area contributed by atoms with Crippen molar-refractivity contribution in [2.45, 2.75) is 27.3 Å². The average Bonchev–Trinajstić information content (AvgIpc) is 3.44. The molecule has 0 saturated heterocycles. The van der Waals surface area contributed by atoms with Gasteiger partial charge in [-0.2, -0.15) is 5.26 Å². The molecule has 6 aromatic rings. The second-order valence-electron chi connectivity index (χ2n) is 9.50. The Labute approximate surface area is 213 Å². The molecule has 3 N–H and O–H groups in total. The number of benzene rings is 4. The normalized spacial score (nSPS) is 11.4. The van der Waals surface area contributed by atoms with Gasteiger partial charge in [0.15, 0.2) is 0 Å². The van der Waals surface area contributed by atoms with Crippen molar-refractivity contribution in [2.75, 3.05) is 5.73 Å². The van der Waals surface area contributed by atoms with Gasteiger partial charge in [-0.15, -0.1) is 0 Å². The Balaban J connectivity index is 1.36. The second kappa shape index (κ2) is 8.35. The first kappa shape index (κ1) is 22.6. The van der Waals surface area contributed by atoms with Crippen molar-refractivity contribution in [3.8, 4) is 17.2 Å². The first-order valence-electron chi connectivity index (χ1n) is 12.1. The fraction of sp³-hybridized carbons (Fsp3) is 0.129. The molecule has 0 radical (unpaired) electrons. The molecule has 0 atom stereocenters. The van der Waals surface area contributed by atoms with E-state index in [2.05, 4.69) is 22.4 Å². The number of furan rings is 2. The third-order valence-electron chi connectivity index (χ3n) is 7.17. The summed E-state index contributed by atoms with van der Waals surface area (Å²) in [6.07, 6.45) is 0. The molecule has 37 heavy (non-hydrogen) atoms. The van der Waals surface area contributed by atoms with Gasteiger partial charge in [0.1, 0.15) is 17.0 Å². The molecule has 6 nitrogen and oxygen atoms in total. The highest BCUT2D eigenvalue weighted by Crippen LogP contribution is 2.43. The molecule has 2 bridgehead atoms. The lowest BCUT2D eigenvalue weighted by molar-refractivity contribution is 0.0951. The summed E-state index contributed by atoms with van der Waals surface area (Å²) in [6, 6.07) is 21.7. The monoisotopic (exact) mass is 484 g/mol. The number of pyridine rings is 1. The first-order valence-corrected chi connectivity index (χ1v) is 12.1. The topological polar surface area (TPSA) is 105 Å². The number of aryl methyl sites for hydroxylation is 3. The van der Waals surface area contributed by atoms with E-state index < -0.39 is 0 Å². The van der Waals surface area contributed by atoms with E-state index in [9.17, 15) is 10.1 Å². The second-order valence-corrected chi connectivity index (χ2v) is 9.50. The number of nitriles is 1. The minimum absolute atomic E-state index is 0.161. The third kappa shape index (κ3) is 3.56. The summed E-state index contributed by atoms with van der Waals surface area (Å²) in [5.41, 5.74) is 14.4. The van der Waals surface area contributed by atoms with E-state index in [0.717, 1.165) is 66.2 Å². The summed E-state index contributed by atoms with van der Waals surface area (Å²) in [5, 5.41) is 16.5. The van der Waals surface area contributed by atoms with Crippen LogP contribution >= 0.6 is 0 Å². The van der Waals surface area contributed by atoms with Crippen molar-refractivity contribution in [1.29, 1.82) is 5.26 Å². The predicted molar refractivity (Wildman–Crippen MR) is 147 cm³/mol. The number of carbonyl (C=O) groups is 1. The molecule has 6 rings (SSSR count). The zero-order valence-electron chi connectivity index (χ0n) is 20.8. The molecule has 0 unspecified atom stereocenters. The van der Waals surface area contributed by atoms with Gasteiger partial charge in [0.05, 0.1) is 11.6 Å². The lowest BCUT2D eigenvalue weighted by Crippen LogP contribution is -2.24. The number of nitrogen functional groups attached to an aromatic ring is 1. The maximum absolute atomic E-state index is 13.0. The molecule has 3 aromatic carbocycles. The number of nitrogens with zero attached hydrogens (tertiary/aromatic N) is 2. The standard InChI is InChI=1S/C31H24N4O2/c1-16-5-4-6-21(14-32)28(16)19-7-9-22-24(12-19)29-23-10-8-20(13-25(23)30(22)37-29)31(36)34-15-26-17(2)11-27(33)35-18(26)3/h4-13H,15H2,1-3H3,(H2,33,35)(H,34,36). The van der Waals surface area contributed by atoms with Crippen molar-refractivity contribution >= 4 is 44.4 Å². The molecule has 0 saturated carbocycles. The molecule has 0 aliphatic heterocycles. The Kier molecular flexibility index (Phi) is 5.09. The van der Waals surface area contributed by atoms with Crippen molar-refractivity contribution in [2.24, 2.45) is 0 Å². The van der Waals surface area contributed by atoms with Crippen LogP contribution in [-0.4, -0.2) is 10.9 Å². The van der Waals surface area contributed by atoms with Gasteiger partial charge < -0.3 is 15.5 Å². The van der Waals surface area contributed by atoms with E-state index in [1.54, 1.807) is 0 Å². The number of carbonyl (C=O) groups excluding carboxylic acids is 1. The molecule has 0 fully saturated rings. The van der Waals surface area contributed by atoms with E-state index in [-0.39, 0.29) is 5.91 Å². The van der Waals surface area contributed by atoms with Crippen molar-refractivity contribution in [1.82, 2.24) is 10.3 Å². The van der Waals surface area contributed by atoms with Crippen LogP contribution in [0.5, 0.6) is 0 Å². The van der Waals surface area contributed by atoms with Crippen LogP contribution in [0.3, 0.4) is 0 Å². The number of anilines is 1. The molecule has 0 aliphatic carbocycles. The Morgan fingerprint density at radius 1 is 0.946 bits per heavy atom. The molecule has 3 heterocycles. The maximum Gasteiger partial charge on any atom is 0.251 e. The fourth-order valence-electron chi connectivity index (χ4n) is 5.34. The van der Waals surface area contributed by atoms with E-state index in [1.165, 1.54) is 0 Å². The Bertz CT molecular complexity index is 1890. The number of rotatable bonds is 4. The van der Waals surface area contributed by atoms with Gasteiger partial charge in [-0.1, -0.05) is 18.2 Å². The Hall–Kier alpha value is -4.89. The zero-order chi connectivity index (χ0) is 25.8. The molecule has 1 amide bonds. The van der Waals surface area contributed by atoms with Crippen LogP contribution in [-0.2, 0) is 6.54 Å². The molecular formula is C31H24N4O2. The van der Waals surface area contributed by atoms with Crippen LogP contribution in [0, 0.1) is 32.1 Å². The van der Waals surface area contributed by atoms with Crippen molar-refractivity contribution < 1.29 is 9.21 Å². The largest absolute Gasteiger partial charge is 0.455 e. The highest BCUT2D eigenvalue weighted by atomic mass is 16.3. The SMILES string of the molecule is Cc1cc(N)nc(C)c1CNC(=O)c1ccc2c(c1)c1oc2c2cc(-c3c(C)cccc3C#N)ccc21. The summed E-state index contributed by atoms with van der Waals surface area (Å²) in [6.45, 7) is 6.25. The van der Waals surface area contributed by atoms with Crippen LogP contribution < -0.4 is 11.1 Å². The quantitative estimate of drug-likeness (QED) is 0.276. The first-order chi connectivity index (χ1) is 17.9. The van der Waals surface area contributed by atoms with E-state index in [1.807, 2.05) is 75.4 Å². The van der Waals surface area contributed by atoms with Gasteiger partial charge in [0, 0.05) is 44.9 Å². The van der Waals surface area contributed by atoms with E-state index in [0.29, 0.717) is 23.5 Å². The van der Waals surface area contributed by atoms with Crippen LogP contribution in [0.4, 0.5) is 5.82 Å². The van der Waals surface area contributed by atoms with Gasteiger partial charge in [0.25, 0.3) is 5.91 Å². The number of nitrogens with one attached hydrogen (secondary N) is 1. The number of fused-ring (bicyclic) bond motifs is 8. The predicted octanol–water partition coefficient (Wildman–Crippen LogP) is 6.55. The summed E-state index contributed by atoms with van der Waals surface area (Å²) >= 11 is 0. The molecule has 0 aliphatic rings. The number of aromatic nitrogens is 1. The summed E-state index contributed by atoms with van der Waals surface area (Å²) < 4.78 is 6.21. The molecular weight excluding hydrogens is 460 g/mol. The van der Waals surface area contributed by atoms with Gasteiger partial charge >= 0.3 is 0 Å². The van der Waals surface area contributed by atoms with Crippen molar-refractivity contribution in [3.63, 3.8) is 0 Å². The van der Waals surface area contributed by atoms with Crippen LogP contribution in [0.15, 0.2) is 65.1 Å². The van der Waals surface area contributed by atoms with Gasteiger partial charge in [-0.3, -0.25) is 4.79 Å². The highest BCUT2D eigenvalue weighted by Gasteiger charge is 2.20. The number of amides is 1. The highest BCUT2D eigenvalue weighted by molar-refractivity contribution is 6.26. The number of hydrogen-bond donors (Lipinski definition) is 2. The third-order valence-corrected chi connectivity index (χ3v) is 7.17. The minimum Gasteiger partial charge on any atom is -0.455 e. The van der Waals surface area contributed by atoms with Gasteiger partial charge in [-0.05, 0) is 85.5 Å². The Morgan fingerprint density at radius 2 is 1.68 bits per heavy atom. The summed E-state index contributed by atoms with van der Waals surface area (Å²) in [5.74, 6) is 0.316. The van der Waals surface area contributed by atoms with Crippen LogP contribution in [0.1, 0.15) is 38.3 Å². The smallest absolute Gasteiger partial charge is 0.251 e. The van der Waals surface area contributed by atoms with Gasteiger partial charge in [0.2, 0.25) is 0 Å². The van der Waals surface area contributed by atoms with E-state index >= 15 is 0 Å². The molecule has 180 valence electrons. The van der Waals surface area contributed by atoms with E-state index in [4.69, 9.17) is 10.2 Å². The summed E-state index contributed by atoms with van der Waals surface area (Å²) in [4.78, 5) is 17.3.